The van der Waals surface area contributed by atoms with Gasteiger partial charge in [0.05, 0.1) is 17.9 Å². The van der Waals surface area contributed by atoms with Crippen molar-refractivity contribution >= 4 is 45.8 Å². The zero-order valence-corrected chi connectivity index (χ0v) is 19.2. The smallest absolute Gasteiger partial charge is 0.282 e. The summed E-state index contributed by atoms with van der Waals surface area (Å²) >= 11 is 1.44. The van der Waals surface area contributed by atoms with Gasteiger partial charge in [-0.3, -0.25) is 9.59 Å². The van der Waals surface area contributed by atoms with E-state index in [0.717, 1.165) is 23.7 Å². The topological polar surface area (TPSA) is 61.9 Å². The number of hydrogen-bond donors (Lipinski definition) is 1. The van der Waals surface area contributed by atoms with Crippen LogP contribution < -0.4 is 19.9 Å². The van der Waals surface area contributed by atoms with E-state index in [0.29, 0.717) is 23.6 Å². The molecule has 5 rings (SSSR count). The van der Waals surface area contributed by atoms with E-state index in [1.165, 1.54) is 34.8 Å². The lowest BCUT2D eigenvalue weighted by Gasteiger charge is -2.18. The zero-order chi connectivity index (χ0) is 22.8. The first-order chi connectivity index (χ1) is 16.2. The average molecular weight is 460 g/mol. The van der Waals surface area contributed by atoms with Crippen molar-refractivity contribution in [3.8, 4) is 5.75 Å². The molecule has 0 spiro atoms. The second kappa shape index (κ2) is 9.11. The van der Waals surface area contributed by atoms with Gasteiger partial charge in [0.15, 0.2) is 0 Å². The molecular weight excluding hydrogens is 434 g/mol. The van der Waals surface area contributed by atoms with Crippen LogP contribution in [-0.2, 0) is 9.59 Å². The Morgan fingerprint density at radius 1 is 0.939 bits per heavy atom. The molecule has 33 heavy (non-hydrogen) atoms. The fourth-order valence-electron chi connectivity index (χ4n) is 4.28. The Balaban J connectivity index is 1.47. The molecule has 1 aromatic heterocycles. The molecule has 1 fully saturated rings. The predicted molar refractivity (Wildman–Crippen MR) is 133 cm³/mol. The maximum absolute atomic E-state index is 13.5. The minimum Gasteiger partial charge on any atom is -0.494 e. The predicted octanol–water partition coefficient (Wildman–Crippen LogP) is 5.14. The molecule has 0 unspecified atom stereocenters. The van der Waals surface area contributed by atoms with Gasteiger partial charge in [-0.1, -0.05) is 12.1 Å². The highest BCUT2D eigenvalue weighted by molar-refractivity contribution is 7.11. The number of anilines is 3. The summed E-state index contributed by atoms with van der Waals surface area (Å²) in [7, 11) is 0. The van der Waals surface area contributed by atoms with E-state index in [2.05, 4.69) is 22.3 Å². The van der Waals surface area contributed by atoms with Gasteiger partial charge < -0.3 is 15.0 Å². The first-order valence-corrected chi connectivity index (χ1v) is 12.1. The fraction of sp³-hybridized carbons (Fsp3) is 0.231. The monoisotopic (exact) mass is 459 g/mol. The first kappa shape index (κ1) is 21.3. The normalized spacial score (nSPS) is 16.2. The quantitative estimate of drug-likeness (QED) is 0.496. The highest BCUT2D eigenvalue weighted by Crippen LogP contribution is 2.36. The van der Waals surface area contributed by atoms with E-state index in [1.54, 1.807) is 18.2 Å². The number of rotatable bonds is 7. The summed E-state index contributed by atoms with van der Waals surface area (Å²) in [4.78, 5) is 31.3. The maximum atomic E-state index is 13.5. The van der Waals surface area contributed by atoms with Gasteiger partial charge in [0.1, 0.15) is 11.4 Å². The van der Waals surface area contributed by atoms with Crippen LogP contribution in [0.4, 0.5) is 17.1 Å². The van der Waals surface area contributed by atoms with Crippen LogP contribution in [0.5, 0.6) is 5.75 Å². The number of nitrogens with zero attached hydrogens (tertiary/aromatic N) is 2. The molecule has 2 aliphatic rings. The van der Waals surface area contributed by atoms with E-state index in [1.807, 2.05) is 42.6 Å². The van der Waals surface area contributed by atoms with Crippen molar-refractivity contribution in [2.75, 3.05) is 34.8 Å². The van der Waals surface area contributed by atoms with Crippen molar-refractivity contribution in [3.05, 3.63) is 76.6 Å². The first-order valence-electron chi connectivity index (χ1n) is 11.2. The van der Waals surface area contributed by atoms with Crippen LogP contribution >= 0.6 is 11.3 Å². The van der Waals surface area contributed by atoms with Gasteiger partial charge in [0.2, 0.25) is 0 Å². The van der Waals surface area contributed by atoms with E-state index < -0.39 is 0 Å². The molecule has 2 amide bonds. The lowest BCUT2D eigenvalue weighted by molar-refractivity contribution is -0.120. The van der Waals surface area contributed by atoms with Crippen LogP contribution in [0.25, 0.3) is 5.57 Å². The Labute approximate surface area is 197 Å². The van der Waals surface area contributed by atoms with Crippen LogP contribution in [0.1, 0.15) is 24.6 Å². The van der Waals surface area contributed by atoms with Crippen LogP contribution in [0.15, 0.2) is 71.7 Å². The second-order valence-electron chi connectivity index (χ2n) is 7.97. The summed E-state index contributed by atoms with van der Waals surface area (Å²) in [6.45, 7) is 4.54. The third-order valence-electron chi connectivity index (χ3n) is 5.85. The summed E-state index contributed by atoms with van der Waals surface area (Å²) < 4.78 is 5.57. The molecule has 6 nitrogen and oxygen atoms in total. The molecule has 0 bridgehead atoms. The third-order valence-corrected chi connectivity index (χ3v) is 6.73. The number of carbonyl (C=O) groups excluding carboxylic acids is 2. The Morgan fingerprint density at radius 3 is 2.42 bits per heavy atom. The second-order valence-corrected chi connectivity index (χ2v) is 8.92. The summed E-state index contributed by atoms with van der Waals surface area (Å²) in [5.74, 6) is -0.0971. The van der Waals surface area contributed by atoms with Crippen LogP contribution in [0.3, 0.4) is 0 Å². The van der Waals surface area contributed by atoms with Gasteiger partial charge >= 0.3 is 0 Å². The SMILES string of the molecule is CCOc1cccc(N2C(=O)C(Nc3ccc(N4CCCC4)cc3)=C(c3cccs3)C2=O)c1. The number of ether oxygens (including phenoxy) is 1. The van der Waals surface area contributed by atoms with Crippen molar-refractivity contribution < 1.29 is 14.3 Å². The lowest BCUT2D eigenvalue weighted by atomic mass is 10.1. The highest BCUT2D eigenvalue weighted by atomic mass is 32.1. The molecule has 3 aromatic rings. The van der Waals surface area contributed by atoms with Crippen molar-refractivity contribution in [2.45, 2.75) is 19.8 Å². The van der Waals surface area contributed by atoms with Gasteiger partial charge in [-0.2, -0.15) is 0 Å². The Hall–Kier alpha value is -3.58. The molecule has 168 valence electrons. The molecule has 2 aliphatic heterocycles. The van der Waals surface area contributed by atoms with Gasteiger partial charge in [-0.15, -0.1) is 11.3 Å². The molecule has 3 heterocycles. The van der Waals surface area contributed by atoms with E-state index in [4.69, 9.17) is 4.74 Å². The number of amides is 2. The van der Waals surface area contributed by atoms with Crippen molar-refractivity contribution in [3.63, 3.8) is 0 Å². The third kappa shape index (κ3) is 4.12. The van der Waals surface area contributed by atoms with Crippen LogP contribution in [0, 0.1) is 0 Å². The van der Waals surface area contributed by atoms with E-state index in [-0.39, 0.29) is 17.5 Å². The molecule has 1 N–H and O–H groups in total. The Bertz CT molecular complexity index is 1200. The summed E-state index contributed by atoms with van der Waals surface area (Å²) in [6, 6.07) is 18.9. The standard InChI is InChI=1S/C26H25N3O3S/c1-2-32-21-8-5-7-20(17-21)29-25(30)23(22-9-6-16-33-22)24(26(29)31)27-18-10-12-19(13-11-18)28-14-3-4-15-28/h5-13,16-17,27H,2-4,14-15H2,1H3. The van der Waals surface area contributed by atoms with Gasteiger partial charge in [-0.25, -0.2) is 4.90 Å². The van der Waals surface area contributed by atoms with E-state index >= 15 is 0 Å². The largest absolute Gasteiger partial charge is 0.494 e. The molecule has 0 radical (unpaired) electrons. The number of nitrogens with one attached hydrogen (secondary N) is 1. The molecule has 0 atom stereocenters. The van der Waals surface area contributed by atoms with Crippen molar-refractivity contribution in [1.82, 2.24) is 0 Å². The molecule has 7 heteroatoms. The Kier molecular flexibility index (Phi) is 5.88. The zero-order valence-electron chi connectivity index (χ0n) is 18.4. The summed E-state index contributed by atoms with van der Waals surface area (Å²) in [6.07, 6.45) is 2.43. The van der Waals surface area contributed by atoms with Gasteiger partial charge in [0, 0.05) is 35.4 Å². The molecule has 2 aromatic carbocycles. The minimum absolute atomic E-state index is 0.290. The van der Waals surface area contributed by atoms with Crippen molar-refractivity contribution in [1.29, 1.82) is 0 Å². The number of thiophene rings is 1. The van der Waals surface area contributed by atoms with Crippen molar-refractivity contribution in [2.24, 2.45) is 0 Å². The van der Waals surface area contributed by atoms with Gasteiger partial charge in [0.25, 0.3) is 11.8 Å². The average Bonchev–Trinajstić information content (AvgIpc) is 3.58. The molecule has 1 saturated heterocycles. The lowest BCUT2D eigenvalue weighted by Crippen LogP contribution is -2.32. The number of benzene rings is 2. The summed E-state index contributed by atoms with van der Waals surface area (Å²) in [5.41, 5.74) is 3.12. The fourth-order valence-corrected chi connectivity index (χ4v) is 5.05. The van der Waals surface area contributed by atoms with Gasteiger partial charge in [-0.05, 0) is 67.6 Å². The maximum Gasteiger partial charge on any atom is 0.282 e. The molecule has 0 aliphatic carbocycles. The number of carbonyl (C=O) groups is 2. The van der Waals surface area contributed by atoms with E-state index in [9.17, 15) is 9.59 Å². The summed E-state index contributed by atoms with van der Waals surface area (Å²) in [5, 5.41) is 5.14. The van der Waals surface area contributed by atoms with Crippen LogP contribution in [0.2, 0.25) is 0 Å². The molecular formula is C26H25N3O3S. The minimum atomic E-state index is -0.374. The Morgan fingerprint density at radius 2 is 1.73 bits per heavy atom. The highest BCUT2D eigenvalue weighted by Gasteiger charge is 2.40. The molecule has 0 saturated carbocycles. The van der Waals surface area contributed by atoms with Crippen LogP contribution in [-0.4, -0.2) is 31.5 Å². The number of hydrogen-bond acceptors (Lipinski definition) is 6. The number of imide groups is 1.